The number of hydrogen-bond donors (Lipinski definition) is 0. The van der Waals surface area contributed by atoms with Crippen LogP contribution >= 0.6 is 8.58 Å². The van der Waals surface area contributed by atoms with Crippen LogP contribution in [0.4, 0.5) is 0 Å². The lowest BCUT2D eigenvalue weighted by atomic mass is 9.71. The van der Waals surface area contributed by atoms with Crippen LogP contribution in [0.1, 0.15) is 54.9 Å². The zero-order chi connectivity index (χ0) is 16.9. The van der Waals surface area contributed by atoms with Gasteiger partial charge in [-0.15, -0.1) is 15.2 Å². The molecule has 1 aromatic heterocycles. The number of carbonyl (C=O) groups excluding carboxylic acids is 1. The first-order chi connectivity index (χ1) is 11.0. The monoisotopic (exact) mass is 329 g/mol. The third kappa shape index (κ3) is 4.38. The van der Waals surface area contributed by atoms with Gasteiger partial charge < -0.3 is 0 Å². The number of fused-ring (bicyclic) bond motifs is 1. The van der Waals surface area contributed by atoms with Gasteiger partial charge >= 0.3 is 0 Å². The molecule has 0 bridgehead atoms. The van der Waals surface area contributed by atoms with Crippen LogP contribution in [-0.4, -0.2) is 23.1 Å². The smallest absolute Gasteiger partial charge is 0.170 e. The van der Waals surface area contributed by atoms with Crippen LogP contribution in [-0.2, 0) is 12.8 Å². The van der Waals surface area contributed by atoms with Gasteiger partial charge in [0.25, 0.3) is 0 Å². The molecule has 1 aliphatic heterocycles. The zero-order valence-electron chi connectivity index (χ0n) is 14.5. The molecular formula is C20H28NOP. The highest BCUT2D eigenvalue weighted by Gasteiger charge is 2.37. The van der Waals surface area contributed by atoms with Gasteiger partial charge in [-0.25, -0.2) is 0 Å². The normalized spacial score (nSPS) is 22.5. The molecule has 124 valence electrons. The van der Waals surface area contributed by atoms with Gasteiger partial charge in [0.15, 0.2) is 5.78 Å². The first-order valence-corrected chi connectivity index (χ1v) is 9.93. The molecular weight excluding hydrogens is 301 g/mol. The van der Waals surface area contributed by atoms with E-state index in [0.717, 1.165) is 49.1 Å². The molecule has 1 aliphatic carbocycles. The van der Waals surface area contributed by atoms with Gasteiger partial charge in [-0.1, -0.05) is 32.1 Å². The highest BCUT2D eigenvalue weighted by Crippen LogP contribution is 2.37. The molecule has 1 atom stereocenters. The molecule has 1 unspecified atom stereocenters. The van der Waals surface area contributed by atoms with E-state index in [4.69, 9.17) is 0 Å². The third-order valence-electron chi connectivity index (χ3n) is 4.87. The van der Waals surface area contributed by atoms with E-state index >= 15 is 0 Å². The van der Waals surface area contributed by atoms with Crippen molar-refractivity contribution in [1.82, 2.24) is 4.98 Å². The fourth-order valence-electron chi connectivity index (χ4n) is 2.81. The quantitative estimate of drug-likeness (QED) is 0.576. The number of hydrogen-bond acceptors (Lipinski definition) is 2. The molecule has 3 rings (SSSR count). The molecule has 0 saturated carbocycles. The molecule has 0 radical (unpaired) electrons. The van der Waals surface area contributed by atoms with Crippen molar-refractivity contribution in [3.8, 4) is 0 Å². The standard InChI is InChI=1S/C16H21NO.C4H7P/c1-4-6-7-12-8-9-13-14(17-12)10-11-16(3,5-2)15(13)18;1-4-2-5-3-4/h4,8-9H,1,5-7,10-11H2,2-3H3;5H,1-3H2. The van der Waals surface area contributed by atoms with Crippen LogP contribution in [0.3, 0.4) is 0 Å². The summed E-state index contributed by atoms with van der Waals surface area (Å²) in [5.74, 6) is 0.272. The van der Waals surface area contributed by atoms with Gasteiger partial charge in [0, 0.05) is 16.7 Å². The Morgan fingerprint density at radius 3 is 2.61 bits per heavy atom. The van der Waals surface area contributed by atoms with Gasteiger partial charge in [-0.3, -0.25) is 9.78 Å². The highest BCUT2D eigenvalue weighted by molar-refractivity contribution is 7.41. The van der Waals surface area contributed by atoms with E-state index in [-0.39, 0.29) is 11.2 Å². The predicted octanol–water partition coefficient (Wildman–Crippen LogP) is 4.98. The number of aromatic nitrogens is 1. The summed E-state index contributed by atoms with van der Waals surface area (Å²) in [5, 5.41) is 0. The maximum atomic E-state index is 12.4. The minimum Gasteiger partial charge on any atom is -0.293 e. The second-order valence-electron chi connectivity index (χ2n) is 6.72. The van der Waals surface area contributed by atoms with Gasteiger partial charge in [-0.05, 0) is 56.6 Å². The molecule has 2 aliphatic rings. The molecule has 0 amide bonds. The van der Waals surface area contributed by atoms with E-state index < -0.39 is 0 Å². The van der Waals surface area contributed by atoms with Crippen molar-refractivity contribution < 1.29 is 4.79 Å². The van der Waals surface area contributed by atoms with Crippen molar-refractivity contribution in [3.63, 3.8) is 0 Å². The first-order valence-electron chi connectivity index (χ1n) is 8.52. The Hall–Kier alpha value is -1.27. The molecule has 2 heterocycles. The van der Waals surface area contributed by atoms with Crippen molar-refractivity contribution in [2.45, 2.75) is 46.0 Å². The average Bonchev–Trinajstić information content (AvgIpc) is 2.55. The highest BCUT2D eigenvalue weighted by atomic mass is 31.1. The van der Waals surface area contributed by atoms with Gasteiger partial charge in [0.2, 0.25) is 0 Å². The summed E-state index contributed by atoms with van der Waals surface area (Å²) in [6.45, 7) is 11.7. The van der Waals surface area contributed by atoms with E-state index in [1.54, 1.807) is 0 Å². The molecule has 2 nitrogen and oxygen atoms in total. The van der Waals surface area contributed by atoms with Gasteiger partial charge in [0.1, 0.15) is 0 Å². The van der Waals surface area contributed by atoms with Crippen LogP contribution in [0.5, 0.6) is 0 Å². The number of ketones is 1. The lowest BCUT2D eigenvalue weighted by Crippen LogP contribution is -2.33. The summed E-state index contributed by atoms with van der Waals surface area (Å²) in [6, 6.07) is 3.96. The Labute approximate surface area is 142 Å². The maximum absolute atomic E-state index is 12.4. The van der Waals surface area contributed by atoms with Crippen molar-refractivity contribution in [1.29, 1.82) is 0 Å². The van der Waals surface area contributed by atoms with Crippen LogP contribution in [0.25, 0.3) is 0 Å². The Morgan fingerprint density at radius 2 is 2.09 bits per heavy atom. The minimum absolute atomic E-state index is 0.183. The molecule has 1 fully saturated rings. The summed E-state index contributed by atoms with van der Waals surface area (Å²) in [5.41, 5.74) is 4.17. The number of rotatable bonds is 4. The number of nitrogens with zero attached hydrogens (tertiary/aromatic N) is 1. The van der Waals surface area contributed by atoms with E-state index in [2.05, 4.69) is 32.0 Å². The Balaban J connectivity index is 0.000000326. The van der Waals surface area contributed by atoms with Gasteiger partial charge in [0.05, 0.1) is 5.69 Å². The lowest BCUT2D eigenvalue weighted by Gasteiger charge is -2.31. The lowest BCUT2D eigenvalue weighted by molar-refractivity contribution is 0.0776. The summed E-state index contributed by atoms with van der Waals surface area (Å²) in [4.78, 5) is 17.1. The average molecular weight is 329 g/mol. The fraction of sp³-hybridized carbons (Fsp3) is 0.500. The summed E-state index contributed by atoms with van der Waals surface area (Å²) < 4.78 is 0. The third-order valence-corrected chi connectivity index (χ3v) is 6.37. The maximum Gasteiger partial charge on any atom is 0.170 e. The van der Waals surface area contributed by atoms with Crippen LogP contribution in [0.2, 0.25) is 0 Å². The van der Waals surface area contributed by atoms with Crippen molar-refractivity contribution in [2.24, 2.45) is 5.41 Å². The molecule has 0 spiro atoms. The number of aryl methyl sites for hydroxylation is 2. The van der Waals surface area contributed by atoms with Crippen molar-refractivity contribution >= 4 is 14.4 Å². The molecule has 0 N–H and O–H groups in total. The number of pyridine rings is 1. The largest absolute Gasteiger partial charge is 0.293 e. The second kappa shape index (κ2) is 8.02. The van der Waals surface area contributed by atoms with Crippen molar-refractivity contribution in [3.05, 3.63) is 53.9 Å². The van der Waals surface area contributed by atoms with Crippen LogP contribution < -0.4 is 0 Å². The molecule has 3 heteroatoms. The van der Waals surface area contributed by atoms with Crippen LogP contribution in [0, 0.1) is 5.41 Å². The zero-order valence-corrected chi connectivity index (χ0v) is 15.5. The molecule has 0 aromatic carbocycles. The van der Waals surface area contributed by atoms with Crippen molar-refractivity contribution in [2.75, 3.05) is 12.3 Å². The number of Topliss-reactive ketones (excluding diaryl/α,β-unsaturated/α-hetero) is 1. The predicted molar refractivity (Wildman–Crippen MR) is 101 cm³/mol. The Kier molecular flexibility index (Phi) is 6.30. The van der Waals surface area contributed by atoms with E-state index in [1.807, 2.05) is 18.2 Å². The molecule has 23 heavy (non-hydrogen) atoms. The van der Waals surface area contributed by atoms with E-state index in [0.29, 0.717) is 0 Å². The fourth-order valence-corrected chi connectivity index (χ4v) is 3.41. The van der Waals surface area contributed by atoms with E-state index in [1.165, 1.54) is 26.5 Å². The van der Waals surface area contributed by atoms with Gasteiger partial charge in [-0.2, -0.15) is 0 Å². The Morgan fingerprint density at radius 1 is 1.39 bits per heavy atom. The minimum atomic E-state index is -0.183. The van der Waals surface area contributed by atoms with E-state index in [9.17, 15) is 4.79 Å². The first kappa shape index (κ1) is 18.1. The second-order valence-corrected chi connectivity index (χ2v) is 7.93. The topological polar surface area (TPSA) is 30.0 Å². The van der Waals surface area contributed by atoms with Crippen LogP contribution in [0.15, 0.2) is 36.9 Å². The summed E-state index contributed by atoms with van der Waals surface area (Å²) in [7, 11) is 1.20. The Bertz CT molecular complexity index is 602. The number of carbonyl (C=O) groups is 1. The number of allylic oxidation sites excluding steroid dienone is 2. The SMILES string of the molecule is C=C1CPC1.C=CCCc1ccc2c(n1)CCC(C)(CC)C2=O. The molecule has 1 saturated heterocycles. The molecule has 1 aromatic rings. The summed E-state index contributed by atoms with van der Waals surface area (Å²) in [6.07, 6.45) is 9.15. The summed E-state index contributed by atoms with van der Waals surface area (Å²) >= 11 is 0.